The van der Waals surface area contributed by atoms with E-state index < -0.39 is 0 Å². The number of rotatable bonds is 4. The normalized spacial score (nSPS) is 20.8. The molecule has 0 spiro atoms. The number of nitrogens with two attached hydrogens (primary N) is 1. The lowest BCUT2D eigenvalue weighted by atomic mass is 9.93. The minimum Gasteiger partial charge on any atom is -0.493 e. The van der Waals surface area contributed by atoms with Gasteiger partial charge < -0.3 is 10.5 Å². The first-order chi connectivity index (χ1) is 7.31. The molecule has 2 atom stereocenters. The van der Waals surface area contributed by atoms with Gasteiger partial charge in [0.15, 0.2) is 0 Å². The van der Waals surface area contributed by atoms with Crippen molar-refractivity contribution in [3.8, 4) is 5.75 Å². The number of para-hydroxylation sites is 1. The predicted octanol–water partition coefficient (Wildman–Crippen LogP) is 2.68. The van der Waals surface area contributed by atoms with Gasteiger partial charge in [0, 0.05) is 17.5 Å². The van der Waals surface area contributed by atoms with Crippen LogP contribution >= 0.6 is 0 Å². The maximum Gasteiger partial charge on any atom is 0.122 e. The molecule has 2 heteroatoms. The Kier molecular flexibility index (Phi) is 3.27. The zero-order valence-corrected chi connectivity index (χ0v) is 9.28. The summed E-state index contributed by atoms with van der Waals surface area (Å²) in [6, 6.07) is 8.61. The van der Waals surface area contributed by atoms with Gasteiger partial charge in [0.2, 0.25) is 0 Å². The fraction of sp³-hybridized carbons (Fsp3) is 0.538. The standard InChI is InChI=1S/C13H19NO/c1-2-5-11(14)8-10-9-15-13-7-4-3-6-12(10)13/h3-4,6-7,10-11H,2,5,8-9,14H2,1H3. The Labute approximate surface area is 91.4 Å². The zero-order chi connectivity index (χ0) is 10.7. The lowest BCUT2D eigenvalue weighted by Gasteiger charge is -2.14. The van der Waals surface area contributed by atoms with Crippen molar-refractivity contribution in [3.05, 3.63) is 29.8 Å². The first kappa shape index (κ1) is 10.5. The lowest BCUT2D eigenvalue weighted by Crippen LogP contribution is -2.23. The van der Waals surface area contributed by atoms with Crippen LogP contribution in [0.25, 0.3) is 0 Å². The Hall–Kier alpha value is -1.02. The van der Waals surface area contributed by atoms with E-state index in [1.807, 2.05) is 12.1 Å². The summed E-state index contributed by atoms with van der Waals surface area (Å²) in [5, 5.41) is 0. The van der Waals surface area contributed by atoms with Crippen LogP contribution in [-0.4, -0.2) is 12.6 Å². The first-order valence-electron chi connectivity index (χ1n) is 5.78. The van der Waals surface area contributed by atoms with Crippen LogP contribution < -0.4 is 10.5 Å². The van der Waals surface area contributed by atoms with Crippen LogP contribution in [0.15, 0.2) is 24.3 Å². The average Bonchev–Trinajstić information content (AvgIpc) is 2.62. The maximum atomic E-state index is 6.07. The van der Waals surface area contributed by atoms with Gasteiger partial charge in [0.25, 0.3) is 0 Å². The third-order valence-electron chi connectivity index (χ3n) is 3.05. The second-order valence-corrected chi connectivity index (χ2v) is 4.33. The molecule has 1 aromatic carbocycles. The molecular weight excluding hydrogens is 186 g/mol. The van der Waals surface area contributed by atoms with E-state index in [4.69, 9.17) is 10.5 Å². The molecule has 0 fully saturated rings. The molecule has 2 N–H and O–H groups in total. The van der Waals surface area contributed by atoms with Crippen molar-refractivity contribution in [2.75, 3.05) is 6.61 Å². The van der Waals surface area contributed by atoms with Crippen LogP contribution in [0.2, 0.25) is 0 Å². The molecule has 1 aromatic rings. The fourth-order valence-electron chi connectivity index (χ4n) is 2.28. The first-order valence-corrected chi connectivity index (χ1v) is 5.78. The number of fused-ring (bicyclic) bond motifs is 1. The molecule has 0 saturated heterocycles. The summed E-state index contributed by atoms with van der Waals surface area (Å²) in [5.74, 6) is 1.55. The molecule has 0 radical (unpaired) electrons. The van der Waals surface area contributed by atoms with E-state index in [9.17, 15) is 0 Å². The van der Waals surface area contributed by atoms with Crippen LogP contribution in [0.1, 0.15) is 37.7 Å². The van der Waals surface area contributed by atoms with E-state index in [0.717, 1.165) is 31.6 Å². The Balaban J connectivity index is 2.01. The molecule has 15 heavy (non-hydrogen) atoms. The highest BCUT2D eigenvalue weighted by molar-refractivity contribution is 5.39. The Bertz CT molecular complexity index is 324. The van der Waals surface area contributed by atoms with Crippen LogP contribution in [0.3, 0.4) is 0 Å². The van der Waals surface area contributed by atoms with Crippen molar-refractivity contribution < 1.29 is 4.74 Å². The van der Waals surface area contributed by atoms with Gasteiger partial charge in [0.05, 0.1) is 6.61 Å². The summed E-state index contributed by atoms with van der Waals surface area (Å²) in [6.45, 7) is 2.98. The van der Waals surface area contributed by atoms with Crippen LogP contribution in [-0.2, 0) is 0 Å². The average molecular weight is 205 g/mol. The second kappa shape index (κ2) is 4.67. The van der Waals surface area contributed by atoms with Gasteiger partial charge in [-0.1, -0.05) is 31.5 Å². The summed E-state index contributed by atoms with van der Waals surface area (Å²) in [6.07, 6.45) is 3.32. The van der Waals surface area contributed by atoms with E-state index in [1.165, 1.54) is 5.56 Å². The lowest BCUT2D eigenvalue weighted by molar-refractivity contribution is 0.316. The Morgan fingerprint density at radius 1 is 1.47 bits per heavy atom. The third-order valence-corrected chi connectivity index (χ3v) is 3.05. The molecular formula is C13H19NO. The SMILES string of the molecule is CCCC(N)CC1COc2ccccc21. The van der Waals surface area contributed by atoms with Crippen molar-refractivity contribution >= 4 is 0 Å². The molecule has 0 aromatic heterocycles. The van der Waals surface area contributed by atoms with Crippen molar-refractivity contribution in [1.29, 1.82) is 0 Å². The number of ether oxygens (including phenoxy) is 1. The van der Waals surface area contributed by atoms with Crippen LogP contribution in [0.4, 0.5) is 0 Å². The number of hydrogen-bond acceptors (Lipinski definition) is 2. The van der Waals surface area contributed by atoms with Crippen LogP contribution in [0, 0.1) is 0 Å². The van der Waals surface area contributed by atoms with E-state index >= 15 is 0 Å². The Morgan fingerprint density at radius 3 is 3.07 bits per heavy atom. The minimum absolute atomic E-state index is 0.315. The Morgan fingerprint density at radius 2 is 2.27 bits per heavy atom. The molecule has 0 saturated carbocycles. The highest BCUT2D eigenvalue weighted by Gasteiger charge is 2.24. The highest BCUT2D eigenvalue weighted by atomic mass is 16.5. The number of hydrogen-bond donors (Lipinski definition) is 1. The van der Waals surface area contributed by atoms with Crippen molar-refractivity contribution in [2.45, 2.75) is 38.1 Å². The second-order valence-electron chi connectivity index (χ2n) is 4.33. The molecule has 2 nitrogen and oxygen atoms in total. The molecule has 0 bridgehead atoms. The highest BCUT2D eigenvalue weighted by Crippen LogP contribution is 2.36. The maximum absolute atomic E-state index is 6.07. The van der Waals surface area contributed by atoms with Gasteiger partial charge in [-0.3, -0.25) is 0 Å². The predicted molar refractivity (Wildman–Crippen MR) is 62.2 cm³/mol. The van der Waals surface area contributed by atoms with Gasteiger partial charge in [-0.2, -0.15) is 0 Å². The van der Waals surface area contributed by atoms with Crippen molar-refractivity contribution in [3.63, 3.8) is 0 Å². The summed E-state index contributed by atoms with van der Waals surface area (Å²) in [7, 11) is 0. The summed E-state index contributed by atoms with van der Waals surface area (Å²) in [4.78, 5) is 0. The fourth-order valence-corrected chi connectivity index (χ4v) is 2.28. The van der Waals surface area contributed by atoms with Gasteiger partial charge >= 0.3 is 0 Å². The minimum atomic E-state index is 0.315. The van der Waals surface area contributed by atoms with Gasteiger partial charge in [-0.15, -0.1) is 0 Å². The third kappa shape index (κ3) is 2.32. The largest absolute Gasteiger partial charge is 0.493 e. The van der Waals surface area contributed by atoms with Crippen molar-refractivity contribution in [2.24, 2.45) is 5.73 Å². The summed E-state index contributed by atoms with van der Waals surface area (Å²) in [5.41, 5.74) is 7.40. The smallest absolute Gasteiger partial charge is 0.122 e. The molecule has 1 heterocycles. The van der Waals surface area contributed by atoms with E-state index in [-0.39, 0.29) is 0 Å². The molecule has 82 valence electrons. The quantitative estimate of drug-likeness (QED) is 0.820. The molecule has 1 aliphatic heterocycles. The summed E-state index contributed by atoms with van der Waals surface area (Å²) >= 11 is 0. The summed E-state index contributed by atoms with van der Waals surface area (Å²) < 4.78 is 5.63. The van der Waals surface area contributed by atoms with Gasteiger partial charge in [0.1, 0.15) is 5.75 Å². The molecule has 0 aliphatic carbocycles. The van der Waals surface area contributed by atoms with E-state index in [1.54, 1.807) is 0 Å². The van der Waals surface area contributed by atoms with Gasteiger partial charge in [-0.05, 0) is 18.9 Å². The molecule has 0 amide bonds. The molecule has 2 unspecified atom stereocenters. The van der Waals surface area contributed by atoms with Crippen LogP contribution in [0.5, 0.6) is 5.75 Å². The van der Waals surface area contributed by atoms with E-state index in [2.05, 4.69) is 19.1 Å². The van der Waals surface area contributed by atoms with Crippen molar-refractivity contribution in [1.82, 2.24) is 0 Å². The topological polar surface area (TPSA) is 35.2 Å². The van der Waals surface area contributed by atoms with Gasteiger partial charge in [-0.25, -0.2) is 0 Å². The zero-order valence-electron chi connectivity index (χ0n) is 9.28. The number of benzene rings is 1. The molecule has 2 rings (SSSR count). The van der Waals surface area contributed by atoms with E-state index in [0.29, 0.717) is 12.0 Å². The monoisotopic (exact) mass is 205 g/mol. The molecule has 1 aliphatic rings.